The normalized spacial score (nSPS) is 11.9. The molecule has 0 radical (unpaired) electrons. The van der Waals surface area contributed by atoms with E-state index in [2.05, 4.69) is 31.9 Å². The third-order valence-corrected chi connectivity index (χ3v) is 3.63. The van der Waals surface area contributed by atoms with Crippen LogP contribution >= 0.6 is 12.2 Å². The number of fused-ring (bicyclic) bond motifs is 1. The van der Waals surface area contributed by atoms with E-state index in [0.29, 0.717) is 0 Å². The zero-order valence-corrected chi connectivity index (χ0v) is 12.7. The van der Waals surface area contributed by atoms with Crippen molar-refractivity contribution < 1.29 is 0 Å². The minimum Gasteiger partial charge on any atom is -0.295 e. The number of hydrogen-bond donors (Lipinski definition) is 1. The van der Waals surface area contributed by atoms with Gasteiger partial charge in [0.1, 0.15) is 4.64 Å². The molecule has 0 spiro atoms. The SMILES string of the molecule is CC(C)(C)c1cc2nc(-c3ccccc3)cc(=S)n2[nH]1. The zero-order chi connectivity index (χ0) is 14.3. The fourth-order valence-corrected chi connectivity index (χ4v) is 2.38. The number of nitrogens with zero attached hydrogens (tertiary/aromatic N) is 2. The predicted octanol–water partition coefficient (Wildman–Crippen LogP) is 4.36. The Morgan fingerprint density at radius 3 is 2.45 bits per heavy atom. The van der Waals surface area contributed by atoms with Crippen molar-refractivity contribution in [2.75, 3.05) is 0 Å². The number of rotatable bonds is 1. The van der Waals surface area contributed by atoms with Crippen LogP contribution in [0.4, 0.5) is 0 Å². The third kappa shape index (κ3) is 2.27. The van der Waals surface area contributed by atoms with Crippen LogP contribution in [0, 0.1) is 4.64 Å². The fraction of sp³-hybridized carbons (Fsp3) is 0.250. The number of aromatic amines is 1. The molecule has 3 rings (SSSR count). The lowest BCUT2D eigenvalue weighted by Gasteiger charge is -2.14. The van der Waals surface area contributed by atoms with Gasteiger partial charge in [-0.25, -0.2) is 9.50 Å². The van der Waals surface area contributed by atoms with Crippen molar-refractivity contribution in [1.82, 2.24) is 14.6 Å². The van der Waals surface area contributed by atoms with Gasteiger partial charge in [-0.05, 0) is 0 Å². The van der Waals surface area contributed by atoms with Crippen molar-refractivity contribution in [2.45, 2.75) is 26.2 Å². The smallest absolute Gasteiger partial charge is 0.155 e. The molecule has 1 aromatic carbocycles. The summed E-state index contributed by atoms with van der Waals surface area (Å²) in [5, 5.41) is 3.33. The Bertz CT molecular complexity index is 807. The highest BCUT2D eigenvalue weighted by molar-refractivity contribution is 7.71. The Morgan fingerprint density at radius 2 is 1.80 bits per heavy atom. The van der Waals surface area contributed by atoms with Gasteiger partial charge in [-0.3, -0.25) is 5.10 Å². The van der Waals surface area contributed by atoms with E-state index in [1.807, 2.05) is 40.9 Å². The summed E-state index contributed by atoms with van der Waals surface area (Å²) in [5.74, 6) is 0. The van der Waals surface area contributed by atoms with Gasteiger partial charge in [0.2, 0.25) is 0 Å². The van der Waals surface area contributed by atoms with Crippen LogP contribution in [0.25, 0.3) is 16.9 Å². The maximum atomic E-state index is 5.47. The zero-order valence-electron chi connectivity index (χ0n) is 11.8. The number of nitrogens with one attached hydrogen (secondary N) is 1. The quantitative estimate of drug-likeness (QED) is 0.673. The molecule has 1 N–H and O–H groups in total. The van der Waals surface area contributed by atoms with Crippen LogP contribution in [-0.4, -0.2) is 14.6 Å². The van der Waals surface area contributed by atoms with E-state index in [1.54, 1.807) is 0 Å². The summed E-state index contributed by atoms with van der Waals surface area (Å²) in [5.41, 5.74) is 4.03. The molecule has 0 aliphatic carbocycles. The Labute approximate surface area is 123 Å². The third-order valence-electron chi connectivity index (χ3n) is 3.33. The Hall–Kier alpha value is -1.94. The molecular weight excluding hydrogens is 266 g/mol. The van der Waals surface area contributed by atoms with Crippen LogP contribution in [0.3, 0.4) is 0 Å². The second kappa shape index (κ2) is 4.56. The first-order valence-electron chi connectivity index (χ1n) is 6.64. The molecule has 2 heterocycles. The maximum Gasteiger partial charge on any atom is 0.155 e. The van der Waals surface area contributed by atoms with Gasteiger partial charge in [-0.2, -0.15) is 0 Å². The van der Waals surface area contributed by atoms with E-state index in [4.69, 9.17) is 17.2 Å². The maximum absolute atomic E-state index is 5.47. The van der Waals surface area contributed by atoms with Crippen molar-refractivity contribution in [2.24, 2.45) is 0 Å². The molecule has 0 amide bonds. The molecule has 0 atom stereocenters. The highest BCUT2D eigenvalue weighted by atomic mass is 32.1. The Morgan fingerprint density at radius 1 is 1.10 bits per heavy atom. The summed E-state index contributed by atoms with van der Waals surface area (Å²) in [6.45, 7) is 6.50. The van der Waals surface area contributed by atoms with Crippen LogP contribution in [0.15, 0.2) is 42.5 Å². The first kappa shape index (κ1) is 13.1. The molecule has 0 aliphatic rings. The van der Waals surface area contributed by atoms with Crippen LogP contribution in [0.1, 0.15) is 26.5 Å². The standard InChI is InChI=1S/C16H17N3S/c1-16(2,3)13-10-14-17-12(9-15(20)19(14)18-13)11-7-5-4-6-8-11/h4-10,18H,1-3H3. The number of aromatic nitrogens is 3. The summed E-state index contributed by atoms with van der Waals surface area (Å²) >= 11 is 5.47. The molecule has 4 heteroatoms. The topological polar surface area (TPSA) is 33.1 Å². The van der Waals surface area contributed by atoms with E-state index < -0.39 is 0 Å². The van der Waals surface area contributed by atoms with E-state index >= 15 is 0 Å². The highest BCUT2D eigenvalue weighted by Crippen LogP contribution is 2.23. The largest absolute Gasteiger partial charge is 0.295 e. The molecule has 0 aliphatic heterocycles. The molecule has 102 valence electrons. The van der Waals surface area contributed by atoms with Gasteiger partial charge in [-0.1, -0.05) is 63.3 Å². The Kier molecular flexibility index (Phi) is 2.98. The fourth-order valence-electron chi connectivity index (χ4n) is 2.13. The number of benzene rings is 1. The van der Waals surface area contributed by atoms with E-state index in [-0.39, 0.29) is 5.41 Å². The number of hydrogen-bond acceptors (Lipinski definition) is 2. The van der Waals surface area contributed by atoms with Crippen molar-refractivity contribution in [3.8, 4) is 11.3 Å². The van der Waals surface area contributed by atoms with E-state index in [9.17, 15) is 0 Å². The predicted molar refractivity (Wildman–Crippen MR) is 84.5 cm³/mol. The van der Waals surface area contributed by atoms with Gasteiger partial charge in [0.15, 0.2) is 5.65 Å². The van der Waals surface area contributed by atoms with Crippen LogP contribution < -0.4 is 0 Å². The lowest BCUT2D eigenvalue weighted by atomic mass is 9.93. The van der Waals surface area contributed by atoms with E-state index in [0.717, 1.165) is 27.2 Å². The summed E-state index contributed by atoms with van der Waals surface area (Å²) < 4.78 is 2.60. The minimum atomic E-state index is 0.0440. The molecule has 0 bridgehead atoms. The van der Waals surface area contributed by atoms with Gasteiger partial charge in [0, 0.05) is 28.8 Å². The lowest BCUT2D eigenvalue weighted by molar-refractivity contribution is 0.562. The van der Waals surface area contributed by atoms with Crippen LogP contribution in [0.2, 0.25) is 0 Å². The van der Waals surface area contributed by atoms with Gasteiger partial charge < -0.3 is 0 Å². The summed E-state index contributed by atoms with van der Waals surface area (Å²) in [4.78, 5) is 4.71. The van der Waals surface area contributed by atoms with Crippen LogP contribution in [0.5, 0.6) is 0 Å². The molecular formula is C16H17N3S. The van der Waals surface area contributed by atoms with Crippen molar-refractivity contribution in [1.29, 1.82) is 0 Å². The lowest BCUT2D eigenvalue weighted by Crippen LogP contribution is -2.11. The molecule has 2 aromatic heterocycles. The van der Waals surface area contributed by atoms with Gasteiger partial charge in [0.25, 0.3) is 0 Å². The average Bonchev–Trinajstić information content (AvgIpc) is 2.84. The van der Waals surface area contributed by atoms with Gasteiger partial charge in [-0.15, -0.1) is 0 Å². The van der Waals surface area contributed by atoms with E-state index in [1.165, 1.54) is 0 Å². The second-order valence-corrected chi connectivity index (χ2v) is 6.38. The molecule has 20 heavy (non-hydrogen) atoms. The highest BCUT2D eigenvalue weighted by Gasteiger charge is 2.17. The van der Waals surface area contributed by atoms with Crippen molar-refractivity contribution in [3.63, 3.8) is 0 Å². The summed E-state index contributed by atoms with van der Waals surface area (Å²) in [6.07, 6.45) is 0. The molecule has 0 unspecified atom stereocenters. The first-order chi connectivity index (χ1) is 9.45. The molecule has 0 saturated carbocycles. The van der Waals surface area contributed by atoms with Crippen molar-refractivity contribution >= 4 is 17.9 Å². The first-order valence-corrected chi connectivity index (χ1v) is 7.05. The van der Waals surface area contributed by atoms with Crippen LogP contribution in [-0.2, 0) is 5.41 Å². The molecule has 0 saturated heterocycles. The Balaban J connectivity index is 2.22. The number of H-pyrrole nitrogens is 1. The van der Waals surface area contributed by atoms with Gasteiger partial charge >= 0.3 is 0 Å². The van der Waals surface area contributed by atoms with Gasteiger partial charge in [0.05, 0.1) is 5.69 Å². The second-order valence-electron chi connectivity index (χ2n) is 5.96. The molecule has 3 nitrogen and oxygen atoms in total. The average molecular weight is 283 g/mol. The minimum absolute atomic E-state index is 0.0440. The summed E-state index contributed by atoms with van der Waals surface area (Å²) in [7, 11) is 0. The monoisotopic (exact) mass is 283 g/mol. The van der Waals surface area contributed by atoms with Crippen molar-refractivity contribution in [3.05, 3.63) is 52.8 Å². The summed E-state index contributed by atoms with van der Waals surface area (Å²) in [6, 6.07) is 14.1. The molecule has 3 aromatic rings. The molecule has 0 fully saturated rings.